The van der Waals surface area contributed by atoms with Crippen LogP contribution in [0.3, 0.4) is 0 Å². The Morgan fingerprint density at radius 1 is 1.38 bits per heavy atom. The Bertz CT molecular complexity index is 656. The van der Waals surface area contributed by atoms with Gasteiger partial charge in [-0.25, -0.2) is 17.5 Å². The Morgan fingerprint density at radius 2 is 1.95 bits per heavy atom. The molecule has 0 heterocycles. The smallest absolute Gasteiger partial charge is 0.244 e. The highest BCUT2D eigenvalue weighted by Gasteiger charge is 2.23. The number of nitrogens with one attached hydrogen (secondary N) is 2. The number of sulfonamides is 1. The lowest BCUT2D eigenvalue weighted by molar-refractivity contribution is -0.121. The molecule has 21 heavy (non-hydrogen) atoms. The molecule has 0 aliphatic rings. The highest BCUT2D eigenvalue weighted by Crippen LogP contribution is 2.24. The number of halogens is 2. The van der Waals surface area contributed by atoms with Crippen LogP contribution in [0, 0.1) is 5.82 Å². The Hall–Kier alpha value is -1.38. The molecule has 1 aromatic carbocycles. The van der Waals surface area contributed by atoms with E-state index in [2.05, 4.69) is 5.32 Å². The van der Waals surface area contributed by atoms with Crippen molar-refractivity contribution in [1.82, 2.24) is 10.0 Å². The molecule has 0 aliphatic carbocycles. The number of hydrogen-bond acceptors (Lipinski definition) is 4. The summed E-state index contributed by atoms with van der Waals surface area (Å²) in [5, 5.41) is 2.55. The van der Waals surface area contributed by atoms with Crippen LogP contribution < -0.4 is 15.8 Å². The SMILES string of the molecule is CC(C)(C)NC(=O)CNS(=O)(=O)c1cc(Cl)cc(N)c1F. The van der Waals surface area contributed by atoms with Crippen molar-refractivity contribution in [1.29, 1.82) is 0 Å². The van der Waals surface area contributed by atoms with E-state index in [0.29, 0.717) is 0 Å². The lowest BCUT2D eigenvalue weighted by Crippen LogP contribution is -2.45. The highest BCUT2D eigenvalue weighted by atomic mass is 35.5. The van der Waals surface area contributed by atoms with Gasteiger partial charge in [-0.05, 0) is 32.9 Å². The van der Waals surface area contributed by atoms with Gasteiger partial charge in [0.2, 0.25) is 15.9 Å². The summed E-state index contributed by atoms with van der Waals surface area (Å²) in [4.78, 5) is 10.9. The summed E-state index contributed by atoms with van der Waals surface area (Å²) in [5.41, 5.74) is 4.43. The first-order valence-corrected chi connectivity index (χ1v) is 7.84. The van der Waals surface area contributed by atoms with Crippen LogP contribution >= 0.6 is 11.6 Å². The van der Waals surface area contributed by atoms with Gasteiger partial charge >= 0.3 is 0 Å². The number of carbonyl (C=O) groups excluding carboxylic acids is 1. The summed E-state index contributed by atoms with van der Waals surface area (Å²) in [5.74, 6) is -1.65. The van der Waals surface area contributed by atoms with Crippen molar-refractivity contribution >= 4 is 33.2 Å². The molecule has 0 radical (unpaired) electrons. The minimum Gasteiger partial charge on any atom is -0.396 e. The third kappa shape index (κ3) is 5.14. The van der Waals surface area contributed by atoms with E-state index in [0.717, 1.165) is 12.1 Å². The van der Waals surface area contributed by atoms with Gasteiger partial charge in [-0.3, -0.25) is 4.79 Å². The maximum absolute atomic E-state index is 13.8. The van der Waals surface area contributed by atoms with Crippen LogP contribution in [0.1, 0.15) is 20.8 Å². The van der Waals surface area contributed by atoms with Gasteiger partial charge in [0.1, 0.15) is 4.90 Å². The van der Waals surface area contributed by atoms with E-state index in [1.54, 1.807) is 20.8 Å². The Labute approximate surface area is 127 Å². The van der Waals surface area contributed by atoms with Crippen LogP contribution in [0.15, 0.2) is 17.0 Å². The van der Waals surface area contributed by atoms with E-state index in [4.69, 9.17) is 17.3 Å². The van der Waals surface area contributed by atoms with Gasteiger partial charge in [0.05, 0.1) is 12.2 Å². The van der Waals surface area contributed by atoms with Crippen molar-refractivity contribution in [2.24, 2.45) is 0 Å². The second-order valence-electron chi connectivity index (χ2n) is 5.43. The van der Waals surface area contributed by atoms with E-state index in [9.17, 15) is 17.6 Å². The van der Waals surface area contributed by atoms with Gasteiger partial charge in [-0.15, -0.1) is 0 Å². The molecule has 4 N–H and O–H groups in total. The molecule has 0 bridgehead atoms. The Kier molecular flexibility index (Phi) is 5.19. The van der Waals surface area contributed by atoms with Crippen LogP contribution in [0.4, 0.5) is 10.1 Å². The molecule has 0 saturated carbocycles. The molecule has 6 nitrogen and oxygen atoms in total. The third-order valence-electron chi connectivity index (χ3n) is 2.26. The molecule has 9 heteroatoms. The fourth-order valence-corrected chi connectivity index (χ4v) is 2.88. The standard InChI is InChI=1S/C12H17ClFN3O3S/c1-12(2,3)17-10(18)6-16-21(19,20)9-5-7(13)4-8(15)11(9)14/h4-5,16H,6,15H2,1-3H3,(H,17,18). The quantitative estimate of drug-likeness (QED) is 0.720. The Morgan fingerprint density at radius 3 is 2.48 bits per heavy atom. The summed E-state index contributed by atoms with van der Waals surface area (Å²) in [6.45, 7) is 4.72. The first kappa shape index (κ1) is 17.7. The van der Waals surface area contributed by atoms with Gasteiger partial charge in [0.25, 0.3) is 0 Å². The van der Waals surface area contributed by atoms with E-state index < -0.39 is 38.7 Å². The number of amides is 1. The second-order valence-corrected chi connectivity index (χ2v) is 7.60. The zero-order chi connectivity index (χ0) is 16.4. The van der Waals surface area contributed by atoms with Crippen LogP contribution in [0.2, 0.25) is 5.02 Å². The molecule has 0 fully saturated rings. The molecule has 0 atom stereocenters. The molecule has 118 valence electrons. The maximum Gasteiger partial charge on any atom is 0.244 e. The summed E-state index contributed by atoms with van der Waals surface area (Å²) in [7, 11) is -4.24. The van der Waals surface area contributed by atoms with Crippen molar-refractivity contribution in [2.75, 3.05) is 12.3 Å². The molecular weight excluding hydrogens is 321 g/mol. The van der Waals surface area contributed by atoms with Gasteiger partial charge in [0, 0.05) is 10.6 Å². The molecular formula is C12H17ClFN3O3S. The molecule has 0 spiro atoms. The van der Waals surface area contributed by atoms with Crippen LogP contribution in [-0.4, -0.2) is 26.4 Å². The van der Waals surface area contributed by atoms with Crippen LogP contribution in [0.5, 0.6) is 0 Å². The van der Waals surface area contributed by atoms with Crippen LogP contribution in [0.25, 0.3) is 0 Å². The van der Waals surface area contributed by atoms with Gasteiger partial charge in [-0.1, -0.05) is 11.6 Å². The fraction of sp³-hybridized carbons (Fsp3) is 0.417. The minimum atomic E-state index is -4.24. The first-order chi connectivity index (χ1) is 9.42. The van der Waals surface area contributed by atoms with E-state index in [-0.39, 0.29) is 10.7 Å². The molecule has 1 rings (SSSR count). The average Bonchev–Trinajstić information content (AvgIpc) is 2.29. The Balaban J connectivity index is 2.91. The van der Waals surface area contributed by atoms with Gasteiger partial charge in [0.15, 0.2) is 5.82 Å². The van der Waals surface area contributed by atoms with Crippen molar-refractivity contribution in [3.05, 3.63) is 23.0 Å². The van der Waals surface area contributed by atoms with Crippen molar-refractivity contribution in [3.8, 4) is 0 Å². The van der Waals surface area contributed by atoms with E-state index in [1.165, 1.54) is 0 Å². The predicted molar refractivity (Wildman–Crippen MR) is 78.9 cm³/mol. The molecule has 1 amide bonds. The number of carbonyl (C=O) groups is 1. The summed E-state index contributed by atoms with van der Waals surface area (Å²) in [6.07, 6.45) is 0. The molecule has 0 aromatic heterocycles. The number of nitrogens with two attached hydrogens (primary N) is 1. The van der Waals surface area contributed by atoms with Crippen LogP contribution in [-0.2, 0) is 14.8 Å². The van der Waals surface area contributed by atoms with Crippen molar-refractivity contribution in [3.63, 3.8) is 0 Å². The largest absolute Gasteiger partial charge is 0.396 e. The molecule has 0 aliphatic heterocycles. The van der Waals surface area contributed by atoms with E-state index >= 15 is 0 Å². The monoisotopic (exact) mass is 337 g/mol. The first-order valence-electron chi connectivity index (χ1n) is 5.97. The zero-order valence-corrected chi connectivity index (χ0v) is 13.4. The number of hydrogen-bond donors (Lipinski definition) is 3. The van der Waals surface area contributed by atoms with Crippen molar-refractivity contribution < 1.29 is 17.6 Å². The lowest BCUT2D eigenvalue weighted by Gasteiger charge is -2.20. The molecule has 0 unspecified atom stereocenters. The number of nitrogen functional groups attached to an aromatic ring is 1. The summed E-state index contributed by atoms with van der Waals surface area (Å²) < 4.78 is 39.7. The second kappa shape index (κ2) is 6.17. The van der Waals surface area contributed by atoms with Crippen molar-refractivity contribution in [2.45, 2.75) is 31.2 Å². The van der Waals surface area contributed by atoms with Gasteiger partial charge in [-0.2, -0.15) is 0 Å². The third-order valence-corrected chi connectivity index (χ3v) is 3.88. The predicted octanol–water partition coefficient (Wildman–Crippen LogP) is 1.25. The lowest BCUT2D eigenvalue weighted by atomic mass is 10.1. The van der Waals surface area contributed by atoms with Gasteiger partial charge < -0.3 is 11.1 Å². The number of anilines is 1. The summed E-state index contributed by atoms with van der Waals surface area (Å²) in [6, 6.07) is 2.03. The number of benzene rings is 1. The number of rotatable bonds is 4. The topological polar surface area (TPSA) is 101 Å². The maximum atomic E-state index is 13.8. The molecule has 0 saturated heterocycles. The fourth-order valence-electron chi connectivity index (χ4n) is 1.48. The normalized spacial score (nSPS) is 12.2. The summed E-state index contributed by atoms with van der Waals surface area (Å²) >= 11 is 5.66. The highest BCUT2D eigenvalue weighted by molar-refractivity contribution is 7.89. The molecule has 1 aromatic rings. The van der Waals surface area contributed by atoms with E-state index in [1.807, 2.05) is 4.72 Å². The minimum absolute atomic E-state index is 0.0200. The average molecular weight is 338 g/mol. The zero-order valence-electron chi connectivity index (χ0n) is 11.8.